The Labute approximate surface area is 97.1 Å². The van der Waals surface area contributed by atoms with Crippen molar-refractivity contribution in [1.82, 2.24) is 0 Å². The third kappa shape index (κ3) is 9.21. The van der Waals surface area contributed by atoms with E-state index in [1.165, 1.54) is 0 Å². The second-order valence-electron chi connectivity index (χ2n) is 3.42. The van der Waals surface area contributed by atoms with Gasteiger partial charge in [-0.2, -0.15) is 0 Å². The Morgan fingerprint density at radius 3 is 2.69 bits per heavy atom. The van der Waals surface area contributed by atoms with E-state index in [-0.39, 0.29) is 5.57 Å². The minimum Gasteiger partial charge on any atom is -0.478 e. The number of hydrogen-bond acceptors (Lipinski definition) is 2. The Balaban J connectivity index is 3.29. The maximum absolute atomic E-state index is 10.4. The number of unbranched alkanes of at least 4 members (excludes halogenated alkanes) is 2. The molecule has 0 aliphatic rings. The summed E-state index contributed by atoms with van der Waals surface area (Å²) in [5.41, 5.74) is 0.190. The predicted molar refractivity (Wildman–Crippen MR) is 65.4 cm³/mol. The van der Waals surface area contributed by atoms with Crippen LogP contribution in [-0.2, 0) is 9.53 Å². The smallest absolute Gasteiger partial charge is 0.331 e. The van der Waals surface area contributed by atoms with Crippen LogP contribution < -0.4 is 0 Å². The highest BCUT2D eigenvalue weighted by Gasteiger charge is 2.01. The van der Waals surface area contributed by atoms with Gasteiger partial charge in [-0.3, -0.25) is 0 Å². The monoisotopic (exact) mass is 224 g/mol. The van der Waals surface area contributed by atoms with Gasteiger partial charge in [-0.1, -0.05) is 24.8 Å². The molecule has 0 aliphatic carbocycles. The van der Waals surface area contributed by atoms with Gasteiger partial charge in [0.25, 0.3) is 0 Å². The third-order valence-electron chi connectivity index (χ3n) is 2.01. The van der Waals surface area contributed by atoms with Gasteiger partial charge in [0, 0.05) is 12.0 Å². The van der Waals surface area contributed by atoms with E-state index >= 15 is 0 Å². The molecule has 3 nitrogen and oxygen atoms in total. The van der Waals surface area contributed by atoms with Gasteiger partial charge in [0.2, 0.25) is 0 Å². The molecule has 0 fully saturated rings. The molecule has 0 saturated heterocycles. The second-order valence-corrected chi connectivity index (χ2v) is 3.42. The number of allylic oxidation sites excluding steroid dienone is 2. The number of carboxylic acid groups (broad SMARTS) is 1. The van der Waals surface area contributed by atoms with E-state index < -0.39 is 5.97 Å². The first-order valence-electron chi connectivity index (χ1n) is 5.43. The molecule has 0 aromatic carbocycles. The van der Waals surface area contributed by atoms with Crippen molar-refractivity contribution in [2.24, 2.45) is 0 Å². The summed E-state index contributed by atoms with van der Waals surface area (Å²) in [6, 6.07) is 0. The Morgan fingerprint density at radius 2 is 2.06 bits per heavy atom. The third-order valence-corrected chi connectivity index (χ3v) is 2.01. The largest absolute Gasteiger partial charge is 0.478 e. The van der Waals surface area contributed by atoms with Crippen molar-refractivity contribution in [2.45, 2.75) is 25.7 Å². The SMILES string of the molecule is C=CCCC/C=C\COCCC(=C)C(=O)O. The van der Waals surface area contributed by atoms with Gasteiger partial charge in [0.1, 0.15) is 0 Å². The van der Waals surface area contributed by atoms with E-state index in [0.29, 0.717) is 19.6 Å². The van der Waals surface area contributed by atoms with Gasteiger partial charge in [-0.25, -0.2) is 4.79 Å². The van der Waals surface area contributed by atoms with Crippen LogP contribution in [0.1, 0.15) is 25.7 Å². The number of rotatable bonds is 10. The standard InChI is InChI=1S/C13H20O3/c1-3-4-5-6-7-8-10-16-11-9-12(2)13(14)15/h3,7-8H,1-2,4-6,9-11H2,(H,14,15)/b8-7-. The Morgan fingerprint density at radius 1 is 1.31 bits per heavy atom. The molecule has 0 amide bonds. The highest BCUT2D eigenvalue weighted by molar-refractivity contribution is 5.85. The topological polar surface area (TPSA) is 46.5 Å². The van der Waals surface area contributed by atoms with Crippen LogP contribution in [0.3, 0.4) is 0 Å². The van der Waals surface area contributed by atoms with Gasteiger partial charge < -0.3 is 9.84 Å². The molecular formula is C13H20O3. The number of hydrogen-bond donors (Lipinski definition) is 1. The molecule has 16 heavy (non-hydrogen) atoms. The van der Waals surface area contributed by atoms with E-state index in [0.717, 1.165) is 19.3 Å². The molecule has 0 aromatic rings. The first-order chi connectivity index (χ1) is 7.68. The fraction of sp³-hybridized carbons (Fsp3) is 0.462. The molecule has 0 bridgehead atoms. The van der Waals surface area contributed by atoms with E-state index in [9.17, 15) is 4.79 Å². The van der Waals surface area contributed by atoms with Gasteiger partial charge in [0.15, 0.2) is 0 Å². The summed E-state index contributed by atoms with van der Waals surface area (Å²) < 4.78 is 5.23. The van der Waals surface area contributed by atoms with Crippen LogP contribution in [0.25, 0.3) is 0 Å². The van der Waals surface area contributed by atoms with Crippen molar-refractivity contribution in [3.8, 4) is 0 Å². The summed E-state index contributed by atoms with van der Waals surface area (Å²) >= 11 is 0. The Bertz CT molecular complexity index is 254. The van der Waals surface area contributed by atoms with Crippen molar-refractivity contribution in [1.29, 1.82) is 0 Å². The van der Waals surface area contributed by atoms with E-state index in [4.69, 9.17) is 9.84 Å². The van der Waals surface area contributed by atoms with Crippen LogP contribution in [0.5, 0.6) is 0 Å². The molecule has 0 spiro atoms. The maximum Gasteiger partial charge on any atom is 0.331 e. The second kappa shape index (κ2) is 10.2. The van der Waals surface area contributed by atoms with Gasteiger partial charge in [-0.15, -0.1) is 6.58 Å². The molecule has 0 aliphatic heterocycles. The first-order valence-corrected chi connectivity index (χ1v) is 5.43. The maximum atomic E-state index is 10.4. The zero-order valence-electron chi connectivity index (χ0n) is 9.65. The van der Waals surface area contributed by atoms with Crippen LogP contribution in [-0.4, -0.2) is 24.3 Å². The molecule has 0 saturated carbocycles. The summed E-state index contributed by atoms with van der Waals surface area (Å²) in [6.45, 7) is 7.99. The van der Waals surface area contributed by atoms with Crippen molar-refractivity contribution in [3.63, 3.8) is 0 Å². The fourth-order valence-electron chi connectivity index (χ4n) is 1.02. The molecule has 0 heterocycles. The van der Waals surface area contributed by atoms with Crippen LogP contribution in [0.4, 0.5) is 0 Å². The minimum atomic E-state index is -0.955. The van der Waals surface area contributed by atoms with E-state index in [1.807, 2.05) is 12.2 Å². The van der Waals surface area contributed by atoms with Crippen molar-refractivity contribution < 1.29 is 14.6 Å². The summed E-state index contributed by atoms with van der Waals surface area (Å²) in [6.07, 6.45) is 9.46. The summed E-state index contributed by atoms with van der Waals surface area (Å²) in [4.78, 5) is 10.4. The summed E-state index contributed by atoms with van der Waals surface area (Å²) in [7, 11) is 0. The number of aliphatic carboxylic acids is 1. The van der Waals surface area contributed by atoms with Crippen LogP contribution in [0.15, 0.2) is 37.0 Å². The average Bonchev–Trinajstić information content (AvgIpc) is 2.26. The number of ether oxygens (including phenoxy) is 1. The molecule has 0 aromatic heterocycles. The highest BCUT2D eigenvalue weighted by atomic mass is 16.5. The lowest BCUT2D eigenvalue weighted by molar-refractivity contribution is -0.132. The summed E-state index contributed by atoms with van der Waals surface area (Å²) in [5, 5.41) is 8.53. The predicted octanol–water partition coefficient (Wildman–Crippen LogP) is 2.95. The van der Waals surface area contributed by atoms with Crippen molar-refractivity contribution in [3.05, 3.63) is 37.0 Å². The molecule has 0 rings (SSSR count). The molecule has 1 N–H and O–H groups in total. The lowest BCUT2D eigenvalue weighted by atomic mass is 10.2. The number of carbonyl (C=O) groups is 1. The van der Waals surface area contributed by atoms with Crippen molar-refractivity contribution >= 4 is 5.97 Å². The van der Waals surface area contributed by atoms with Gasteiger partial charge in [0.05, 0.1) is 13.2 Å². The van der Waals surface area contributed by atoms with Crippen LogP contribution in [0, 0.1) is 0 Å². The van der Waals surface area contributed by atoms with Crippen LogP contribution in [0.2, 0.25) is 0 Å². The average molecular weight is 224 g/mol. The van der Waals surface area contributed by atoms with E-state index in [2.05, 4.69) is 19.2 Å². The van der Waals surface area contributed by atoms with Gasteiger partial charge in [-0.05, 0) is 19.3 Å². The normalized spacial score (nSPS) is 10.5. The first kappa shape index (κ1) is 14.6. The Kier molecular flexibility index (Phi) is 9.32. The zero-order valence-corrected chi connectivity index (χ0v) is 9.65. The van der Waals surface area contributed by atoms with Gasteiger partial charge >= 0.3 is 5.97 Å². The summed E-state index contributed by atoms with van der Waals surface area (Å²) in [5.74, 6) is -0.955. The number of carboxylic acids is 1. The Hall–Kier alpha value is -1.35. The lowest BCUT2D eigenvalue weighted by Gasteiger charge is -2.00. The molecule has 0 atom stereocenters. The molecule has 0 unspecified atom stereocenters. The van der Waals surface area contributed by atoms with E-state index in [1.54, 1.807) is 0 Å². The van der Waals surface area contributed by atoms with Crippen LogP contribution >= 0.6 is 0 Å². The minimum absolute atomic E-state index is 0.190. The lowest BCUT2D eigenvalue weighted by Crippen LogP contribution is -2.03. The fourth-order valence-corrected chi connectivity index (χ4v) is 1.02. The van der Waals surface area contributed by atoms with Crippen molar-refractivity contribution in [2.75, 3.05) is 13.2 Å². The molecule has 3 heteroatoms. The molecule has 90 valence electrons. The zero-order chi connectivity index (χ0) is 12.2. The molecule has 0 radical (unpaired) electrons. The quantitative estimate of drug-likeness (QED) is 0.352. The molecular weight excluding hydrogens is 204 g/mol. The highest BCUT2D eigenvalue weighted by Crippen LogP contribution is 1.99.